The standard InChI is InChI=1S/C24H21ClFN7O2/c25-20-12-16(5-6-19(20)22-2-1-9-35-22)30-18-4-3-17(27-13-18)14-29-32-24-28-15-21(26)23(31-24)33-7-10-34-11-8-33/h1-6,9,12-15,30H,7-8,10-11H2,(H,28,31,32)/b29-14+. The molecule has 0 saturated carbocycles. The smallest absolute Gasteiger partial charge is 0.245 e. The molecule has 0 spiro atoms. The summed E-state index contributed by atoms with van der Waals surface area (Å²) in [6, 6.07) is 13.0. The number of nitrogens with zero attached hydrogens (tertiary/aromatic N) is 5. The molecular weight excluding hydrogens is 473 g/mol. The highest BCUT2D eigenvalue weighted by molar-refractivity contribution is 6.33. The number of aromatic nitrogens is 3. The number of hydrazone groups is 1. The van der Waals surface area contributed by atoms with Crippen molar-refractivity contribution in [3.63, 3.8) is 0 Å². The monoisotopic (exact) mass is 493 g/mol. The number of benzene rings is 1. The first-order valence-electron chi connectivity index (χ1n) is 10.9. The molecule has 0 bridgehead atoms. The van der Waals surface area contributed by atoms with Gasteiger partial charge >= 0.3 is 0 Å². The zero-order valence-corrected chi connectivity index (χ0v) is 19.2. The van der Waals surface area contributed by atoms with Crippen molar-refractivity contribution in [1.29, 1.82) is 0 Å². The molecule has 3 aromatic heterocycles. The van der Waals surface area contributed by atoms with Gasteiger partial charge in [-0.25, -0.2) is 14.8 Å². The fourth-order valence-corrected chi connectivity index (χ4v) is 3.79. The fourth-order valence-electron chi connectivity index (χ4n) is 3.51. The second-order valence-electron chi connectivity index (χ2n) is 7.60. The Hall–Kier alpha value is -4.02. The van der Waals surface area contributed by atoms with Gasteiger partial charge in [-0.1, -0.05) is 11.6 Å². The van der Waals surface area contributed by atoms with E-state index in [1.54, 1.807) is 18.5 Å². The molecule has 9 nitrogen and oxygen atoms in total. The number of pyridine rings is 1. The van der Waals surface area contributed by atoms with Crippen molar-refractivity contribution in [2.24, 2.45) is 5.10 Å². The van der Waals surface area contributed by atoms with Crippen LogP contribution in [0.2, 0.25) is 5.02 Å². The number of nitrogens with one attached hydrogen (secondary N) is 2. The van der Waals surface area contributed by atoms with E-state index in [0.29, 0.717) is 42.8 Å². The van der Waals surface area contributed by atoms with Gasteiger partial charge in [0.1, 0.15) is 5.76 Å². The summed E-state index contributed by atoms with van der Waals surface area (Å²) in [7, 11) is 0. The molecule has 1 saturated heterocycles. The molecule has 5 rings (SSSR count). The summed E-state index contributed by atoms with van der Waals surface area (Å²) in [5.41, 5.74) is 5.76. The van der Waals surface area contributed by atoms with Crippen LogP contribution in [0.25, 0.3) is 11.3 Å². The Kier molecular flexibility index (Phi) is 6.82. The van der Waals surface area contributed by atoms with Crippen LogP contribution in [-0.2, 0) is 4.74 Å². The van der Waals surface area contributed by atoms with E-state index in [1.807, 2.05) is 41.3 Å². The molecule has 0 atom stereocenters. The first-order valence-corrected chi connectivity index (χ1v) is 11.2. The minimum Gasteiger partial charge on any atom is -0.464 e. The number of ether oxygens (including phenoxy) is 1. The largest absolute Gasteiger partial charge is 0.464 e. The predicted molar refractivity (Wildman–Crippen MR) is 133 cm³/mol. The van der Waals surface area contributed by atoms with Crippen LogP contribution in [0, 0.1) is 5.82 Å². The number of rotatable bonds is 7. The Morgan fingerprint density at radius 3 is 2.66 bits per heavy atom. The van der Waals surface area contributed by atoms with Crippen molar-refractivity contribution in [1.82, 2.24) is 15.0 Å². The average Bonchev–Trinajstić information content (AvgIpc) is 3.41. The zero-order valence-electron chi connectivity index (χ0n) is 18.5. The quantitative estimate of drug-likeness (QED) is 0.275. The second kappa shape index (κ2) is 10.5. The van der Waals surface area contributed by atoms with Crippen LogP contribution in [0.5, 0.6) is 0 Å². The molecule has 0 radical (unpaired) electrons. The van der Waals surface area contributed by atoms with Gasteiger partial charge in [-0.05, 0) is 42.5 Å². The first-order chi connectivity index (χ1) is 17.2. The molecule has 4 aromatic rings. The SMILES string of the molecule is Fc1cnc(N/N=C/c2ccc(Nc3ccc(-c4ccco4)c(Cl)c3)cn2)nc1N1CCOCC1. The van der Waals surface area contributed by atoms with E-state index in [2.05, 4.69) is 30.8 Å². The van der Waals surface area contributed by atoms with Gasteiger partial charge in [0.05, 0.1) is 54.5 Å². The summed E-state index contributed by atoms with van der Waals surface area (Å²) in [6.07, 6.45) is 5.95. The van der Waals surface area contributed by atoms with Gasteiger partial charge < -0.3 is 19.4 Å². The van der Waals surface area contributed by atoms with E-state index in [1.165, 1.54) is 6.21 Å². The van der Waals surface area contributed by atoms with E-state index in [0.717, 1.165) is 23.1 Å². The van der Waals surface area contributed by atoms with Gasteiger partial charge in [0.2, 0.25) is 5.95 Å². The lowest BCUT2D eigenvalue weighted by atomic mass is 10.1. The molecule has 11 heteroatoms. The zero-order chi connectivity index (χ0) is 24.0. The van der Waals surface area contributed by atoms with Crippen molar-refractivity contribution in [2.75, 3.05) is 41.9 Å². The molecule has 1 fully saturated rings. The third kappa shape index (κ3) is 5.56. The summed E-state index contributed by atoms with van der Waals surface area (Å²) in [4.78, 5) is 14.4. The van der Waals surface area contributed by atoms with Crippen molar-refractivity contribution in [3.8, 4) is 11.3 Å². The third-order valence-electron chi connectivity index (χ3n) is 5.23. The lowest BCUT2D eigenvalue weighted by Crippen LogP contribution is -2.37. The molecule has 178 valence electrons. The summed E-state index contributed by atoms with van der Waals surface area (Å²) < 4.78 is 24.9. The summed E-state index contributed by atoms with van der Waals surface area (Å²) in [5.74, 6) is 0.649. The molecule has 2 N–H and O–H groups in total. The Labute approximate surface area is 205 Å². The fraction of sp³-hybridized carbons (Fsp3) is 0.167. The van der Waals surface area contributed by atoms with Crippen molar-refractivity contribution < 1.29 is 13.5 Å². The minimum atomic E-state index is -0.483. The van der Waals surface area contributed by atoms with Crippen LogP contribution in [0.3, 0.4) is 0 Å². The number of hydrogen-bond donors (Lipinski definition) is 2. The Morgan fingerprint density at radius 2 is 1.91 bits per heavy atom. The summed E-state index contributed by atoms with van der Waals surface area (Å²) >= 11 is 6.40. The van der Waals surface area contributed by atoms with Gasteiger partial charge in [-0.3, -0.25) is 4.98 Å². The Bertz CT molecular complexity index is 1310. The maximum Gasteiger partial charge on any atom is 0.245 e. The number of halogens is 2. The molecule has 1 aliphatic heterocycles. The second-order valence-corrected chi connectivity index (χ2v) is 8.01. The maximum atomic E-state index is 14.1. The van der Waals surface area contributed by atoms with Gasteiger partial charge in [-0.2, -0.15) is 10.1 Å². The van der Waals surface area contributed by atoms with Gasteiger partial charge in [0.15, 0.2) is 11.6 Å². The van der Waals surface area contributed by atoms with E-state index < -0.39 is 5.82 Å². The van der Waals surface area contributed by atoms with Crippen LogP contribution >= 0.6 is 11.6 Å². The van der Waals surface area contributed by atoms with Crippen molar-refractivity contribution >= 4 is 41.0 Å². The van der Waals surface area contributed by atoms with Crippen LogP contribution in [0.15, 0.2) is 70.6 Å². The maximum absolute atomic E-state index is 14.1. The van der Waals surface area contributed by atoms with Crippen LogP contribution in [0.4, 0.5) is 27.5 Å². The molecule has 4 heterocycles. The first kappa shape index (κ1) is 22.8. The lowest BCUT2D eigenvalue weighted by Gasteiger charge is -2.27. The van der Waals surface area contributed by atoms with Crippen molar-refractivity contribution in [3.05, 3.63) is 77.7 Å². The molecule has 1 aromatic carbocycles. The van der Waals surface area contributed by atoms with Crippen LogP contribution < -0.4 is 15.6 Å². The van der Waals surface area contributed by atoms with E-state index in [4.69, 9.17) is 20.8 Å². The van der Waals surface area contributed by atoms with E-state index in [-0.39, 0.29) is 11.8 Å². The highest BCUT2D eigenvalue weighted by atomic mass is 35.5. The molecular formula is C24H21ClFN7O2. The number of anilines is 4. The molecule has 1 aliphatic rings. The molecule has 0 unspecified atom stereocenters. The topological polar surface area (TPSA) is 101 Å². The number of morpholine rings is 1. The Morgan fingerprint density at radius 1 is 1.06 bits per heavy atom. The highest BCUT2D eigenvalue weighted by Crippen LogP contribution is 2.31. The van der Waals surface area contributed by atoms with Crippen molar-refractivity contribution in [2.45, 2.75) is 0 Å². The Balaban J connectivity index is 1.20. The number of furan rings is 1. The number of hydrogen-bond acceptors (Lipinski definition) is 9. The van der Waals surface area contributed by atoms with E-state index in [9.17, 15) is 4.39 Å². The molecule has 35 heavy (non-hydrogen) atoms. The minimum absolute atomic E-state index is 0.192. The van der Waals surface area contributed by atoms with E-state index >= 15 is 0 Å². The molecule has 0 amide bonds. The average molecular weight is 494 g/mol. The van der Waals surface area contributed by atoms with Crippen LogP contribution in [-0.4, -0.2) is 47.5 Å². The van der Waals surface area contributed by atoms with Gasteiger partial charge in [0, 0.05) is 24.3 Å². The predicted octanol–water partition coefficient (Wildman–Crippen LogP) is 4.95. The van der Waals surface area contributed by atoms with Crippen LogP contribution in [0.1, 0.15) is 5.69 Å². The third-order valence-corrected chi connectivity index (χ3v) is 5.54. The van der Waals surface area contributed by atoms with Gasteiger partial charge in [-0.15, -0.1) is 0 Å². The molecule has 0 aliphatic carbocycles. The van der Waals surface area contributed by atoms with Gasteiger partial charge in [0.25, 0.3) is 0 Å². The normalized spacial score (nSPS) is 13.8. The summed E-state index contributed by atoms with van der Waals surface area (Å²) in [5, 5.41) is 7.95. The summed E-state index contributed by atoms with van der Waals surface area (Å²) in [6.45, 7) is 2.21. The highest BCUT2D eigenvalue weighted by Gasteiger charge is 2.17. The lowest BCUT2D eigenvalue weighted by molar-refractivity contribution is 0.122.